The molecule has 0 aliphatic rings. The number of fused-ring (bicyclic) bond motifs is 6. The van der Waals surface area contributed by atoms with Crippen LogP contribution in [0, 0.1) is 34.0 Å². The van der Waals surface area contributed by atoms with Crippen LogP contribution < -0.4 is 0 Å². The average molecular weight is 636 g/mol. The summed E-state index contributed by atoms with van der Waals surface area (Å²) in [6.07, 6.45) is 0. The van der Waals surface area contributed by atoms with Gasteiger partial charge in [-0.25, -0.2) is 0 Å². The monoisotopic (exact) mass is 635 g/mol. The van der Waals surface area contributed by atoms with Gasteiger partial charge in [-0.3, -0.25) is 0 Å². The molecule has 0 bridgehead atoms. The first-order valence-corrected chi connectivity index (χ1v) is 16.3. The van der Waals surface area contributed by atoms with Gasteiger partial charge in [0.05, 0.1) is 62.7 Å². The van der Waals surface area contributed by atoms with Gasteiger partial charge in [-0.1, -0.05) is 84.9 Å². The number of rotatable bonds is 4. The molecule has 9 rings (SSSR count). The quantitative estimate of drug-likeness (QED) is 0.193. The van der Waals surface area contributed by atoms with E-state index in [1.54, 1.807) is 0 Å². The lowest BCUT2D eigenvalue weighted by Crippen LogP contribution is -2.00. The molecule has 2 heterocycles. The SMILES string of the molecule is N#Cc1cc(-c2cccc(C#N)c2-c2ccccc2-n2c3ccccc3c3cc(C#N)ccc32)cc(-n2c3ccccc3c3ccccc32)c1. The molecule has 50 heavy (non-hydrogen) atoms. The van der Waals surface area contributed by atoms with E-state index >= 15 is 0 Å². The summed E-state index contributed by atoms with van der Waals surface area (Å²) in [5.41, 5.74) is 10.9. The highest BCUT2D eigenvalue weighted by Crippen LogP contribution is 2.42. The van der Waals surface area contributed by atoms with Crippen LogP contribution in [0.2, 0.25) is 0 Å². The summed E-state index contributed by atoms with van der Waals surface area (Å²) in [6.45, 7) is 0. The summed E-state index contributed by atoms with van der Waals surface area (Å²) in [5, 5.41) is 34.9. The van der Waals surface area contributed by atoms with E-state index in [1.807, 2.05) is 97.1 Å². The molecular weight excluding hydrogens is 611 g/mol. The molecule has 0 saturated heterocycles. The fourth-order valence-corrected chi connectivity index (χ4v) is 7.52. The van der Waals surface area contributed by atoms with E-state index < -0.39 is 0 Å². The molecule has 0 amide bonds. The van der Waals surface area contributed by atoms with Crippen LogP contribution in [-0.4, -0.2) is 9.13 Å². The highest BCUT2D eigenvalue weighted by atomic mass is 15.0. The smallest absolute Gasteiger partial charge is 0.0998 e. The van der Waals surface area contributed by atoms with Gasteiger partial charge in [0.2, 0.25) is 0 Å². The Morgan fingerprint density at radius 1 is 0.400 bits per heavy atom. The van der Waals surface area contributed by atoms with Crippen molar-refractivity contribution in [3.63, 3.8) is 0 Å². The molecule has 7 aromatic carbocycles. The van der Waals surface area contributed by atoms with Crippen molar-refractivity contribution >= 4 is 43.6 Å². The Kier molecular flexibility index (Phi) is 6.56. The molecule has 0 spiro atoms. The third-order valence-corrected chi connectivity index (χ3v) is 9.60. The lowest BCUT2D eigenvalue weighted by atomic mass is 9.89. The van der Waals surface area contributed by atoms with Gasteiger partial charge >= 0.3 is 0 Å². The molecule has 5 heteroatoms. The fourth-order valence-electron chi connectivity index (χ4n) is 7.52. The lowest BCUT2D eigenvalue weighted by Gasteiger charge is -2.19. The number of benzene rings is 7. The maximum absolute atomic E-state index is 10.6. The van der Waals surface area contributed by atoms with Gasteiger partial charge in [-0.15, -0.1) is 0 Å². The second-order valence-electron chi connectivity index (χ2n) is 12.3. The van der Waals surface area contributed by atoms with Gasteiger partial charge in [-0.05, 0) is 77.9 Å². The van der Waals surface area contributed by atoms with Gasteiger partial charge in [0.1, 0.15) is 0 Å². The van der Waals surface area contributed by atoms with E-state index in [1.165, 1.54) is 0 Å². The summed E-state index contributed by atoms with van der Waals surface area (Å²) in [7, 11) is 0. The maximum Gasteiger partial charge on any atom is 0.0998 e. The number of hydrogen-bond acceptors (Lipinski definition) is 3. The molecule has 0 radical (unpaired) electrons. The minimum absolute atomic E-state index is 0.525. The molecular formula is C45H25N5. The van der Waals surface area contributed by atoms with Crippen LogP contribution in [0.5, 0.6) is 0 Å². The van der Waals surface area contributed by atoms with Crippen molar-refractivity contribution in [1.82, 2.24) is 9.13 Å². The van der Waals surface area contributed by atoms with E-state index in [9.17, 15) is 15.8 Å². The third-order valence-electron chi connectivity index (χ3n) is 9.60. The van der Waals surface area contributed by atoms with Gasteiger partial charge in [0, 0.05) is 38.4 Å². The van der Waals surface area contributed by atoms with E-state index in [4.69, 9.17) is 0 Å². The molecule has 230 valence electrons. The highest BCUT2D eigenvalue weighted by Gasteiger charge is 2.21. The molecule has 0 aliphatic heterocycles. The summed E-state index contributed by atoms with van der Waals surface area (Å²) >= 11 is 0. The van der Waals surface area contributed by atoms with Crippen molar-refractivity contribution in [3.8, 4) is 51.8 Å². The van der Waals surface area contributed by atoms with Crippen LogP contribution in [0.4, 0.5) is 0 Å². The van der Waals surface area contributed by atoms with Gasteiger partial charge in [0.25, 0.3) is 0 Å². The normalized spacial score (nSPS) is 11.1. The van der Waals surface area contributed by atoms with Crippen molar-refractivity contribution < 1.29 is 0 Å². The molecule has 0 saturated carbocycles. The second-order valence-corrected chi connectivity index (χ2v) is 12.3. The first-order valence-electron chi connectivity index (χ1n) is 16.3. The topological polar surface area (TPSA) is 81.2 Å². The lowest BCUT2D eigenvalue weighted by molar-refractivity contribution is 1.18. The van der Waals surface area contributed by atoms with Crippen molar-refractivity contribution in [2.75, 3.05) is 0 Å². The standard InChI is InChI=1S/C45H25N5/c46-26-29-20-21-44-39(24-29)37-13-3-7-18-42(37)50(44)43-19-8-4-14-38(43)45-31(28-48)10-9-15-34(45)32-22-30(27-47)23-33(25-32)49-40-16-5-1-11-35(40)36-12-2-6-17-41(36)49/h1-25H. The zero-order chi connectivity index (χ0) is 33.8. The van der Waals surface area contributed by atoms with Crippen LogP contribution in [0.25, 0.3) is 77.2 Å². The highest BCUT2D eigenvalue weighted by molar-refractivity contribution is 6.11. The summed E-state index contributed by atoms with van der Waals surface area (Å²) < 4.78 is 4.43. The minimum Gasteiger partial charge on any atom is -0.309 e. The van der Waals surface area contributed by atoms with Gasteiger partial charge in [-0.2, -0.15) is 15.8 Å². The average Bonchev–Trinajstić information content (AvgIpc) is 3.70. The molecule has 0 N–H and O–H groups in total. The predicted molar refractivity (Wildman–Crippen MR) is 200 cm³/mol. The molecule has 5 nitrogen and oxygen atoms in total. The van der Waals surface area contributed by atoms with Crippen molar-refractivity contribution in [1.29, 1.82) is 15.8 Å². The molecule has 0 aliphatic carbocycles. The summed E-state index contributed by atoms with van der Waals surface area (Å²) in [4.78, 5) is 0. The number of para-hydroxylation sites is 4. The van der Waals surface area contributed by atoms with E-state index in [0.717, 1.165) is 77.2 Å². The molecule has 0 unspecified atom stereocenters. The molecule has 2 aromatic heterocycles. The Bertz CT molecular complexity index is 2920. The Morgan fingerprint density at radius 2 is 0.980 bits per heavy atom. The van der Waals surface area contributed by atoms with Gasteiger partial charge in [0.15, 0.2) is 0 Å². The zero-order valence-electron chi connectivity index (χ0n) is 26.7. The minimum atomic E-state index is 0.525. The molecule has 9 aromatic rings. The Labute approximate surface area is 287 Å². The first-order chi connectivity index (χ1) is 24.7. The van der Waals surface area contributed by atoms with Crippen LogP contribution in [0.15, 0.2) is 152 Å². The van der Waals surface area contributed by atoms with Crippen molar-refractivity contribution in [2.24, 2.45) is 0 Å². The third kappa shape index (κ3) is 4.31. The summed E-state index contributed by atoms with van der Waals surface area (Å²) in [6, 6.07) is 57.7. The first kappa shape index (κ1) is 28.8. The summed E-state index contributed by atoms with van der Waals surface area (Å²) in [5.74, 6) is 0. The Morgan fingerprint density at radius 3 is 1.66 bits per heavy atom. The van der Waals surface area contributed by atoms with Crippen LogP contribution in [0.3, 0.4) is 0 Å². The number of aromatic nitrogens is 2. The Balaban J connectivity index is 1.33. The van der Waals surface area contributed by atoms with Crippen LogP contribution in [-0.2, 0) is 0 Å². The molecule has 0 fully saturated rings. The van der Waals surface area contributed by atoms with Crippen molar-refractivity contribution in [3.05, 3.63) is 168 Å². The maximum atomic E-state index is 10.6. The van der Waals surface area contributed by atoms with Crippen molar-refractivity contribution in [2.45, 2.75) is 0 Å². The van der Waals surface area contributed by atoms with Gasteiger partial charge < -0.3 is 9.13 Å². The van der Waals surface area contributed by atoms with Crippen LogP contribution >= 0.6 is 0 Å². The number of nitriles is 3. The largest absolute Gasteiger partial charge is 0.309 e. The van der Waals surface area contributed by atoms with E-state index in [2.05, 4.69) is 81.9 Å². The second kappa shape index (κ2) is 11.4. The number of hydrogen-bond donors (Lipinski definition) is 0. The predicted octanol–water partition coefficient (Wildman–Crippen LogP) is 10.8. The molecule has 0 atom stereocenters. The fraction of sp³-hybridized carbons (Fsp3) is 0. The Hall–Kier alpha value is -7.39. The zero-order valence-corrected chi connectivity index (χ0v) is 26.7. The van der Waals surface area contributed by atoms with E-state index in [-0.39, 0.29) is 0 Å². The van der Waals surface area contributed by atoms with E-state index in [0.29, 0.717) is 16.7 Å². The van der Waals surface area contributed by atoms with Crippen LogP contribution in [0.1, 0.15) is 16.7 Å². The number of nitrogens with zero attached hydrogens (tertiary/aromatic N) is 5.